The zero-order valence-corrected chi connectivity index (χ0v) is 11.5. The molecule has 0 unspecified atom stereocenters. The molecule has 1 fully saturated rings. The highest BCUT2D eigenvalue weighted by Crippen LogP contribution is 2.14. The fourth-order valence-corrected chi connectivity index (χ4v) is 2.48. The van der Waals surface area contributed by atoms with Gasteiger partial charge in [0.05, 0.1) is 18.7 Å². The van der Waals surface area contributed by atoms with Gasteiger partial charge in [0.15, 0.2) is 0 Å². The molecule has 0 aromatic carbocycles. The Balaban J connectivity index is 1.92. The predicted molar refractivity (Wildman–Crippen MR) is 71.3 cm³/mol. The van der Waals surface area contributed by atoms with Gasteiger partial charge in [-0.3, -0.25) is 9.69 Å². The molecular weight excluding hydrogens is 244 g/mol. The number of aliphatic hydroxyl groups is 1. The average molecular weight is 266 g/mol. The van der Waals surface area contributed by atoms with Crippen LogP contribution in [0.15, 0.2) is 12.4 Å². The Morgan fingerprint density at radius 3 is 2.89 bits per heavy atom. The molecule has 0 bridgehead atoms. The van der Waals surface area contributed by atoms with Gasteiger partial charge in [-0.25, -0.2) is 4.98 Å². The third-order valence-corrected chi connectivity index (χ3v) is 3.64. The lowest BCUT2D eigenvalue weighted by molar-refractivity contribution is -0.120. The van der Waals surface area contributed by atoms with Crippen molar-refractivity contribution in [2.24, 2.45) is 7.05 Å². The summed E-state index contributed by atoms with van der Waals surface area (Å²) >= 11 is 0. The molecule has 6 nitrogen and oxygen atoms in total. The number of aliphatic hydroxyl groups excluding tert-OH is 1. The first-order valence-corrected chi connectivity index (χ1v) is 6.70. The van der Waals surface area contributed by atoms with Gasteiger partial charge in [0, 0.05) is 39.5 Å². The SMILES string of the molecule is CC(=O)N[C@H]1CCN(Cc2nccn2C)CC[C@@H]1O. The van der Waals surface area contributed by atoms with Gasteiger partial charge < -0.3 is 15.0 Å². The van der Waals surface area contributed by atoms with E-state index in [1.165, 1.54) is 6.92 Å². The number of carbonyl (C=O) groups excluding carboxylic acids is 1. The number of aryl methyl sites for hydroxylation is 1. The number of amides is 1. The summed E-state index contributed by atoms with van der Waals surface area (Å²) < 4.78 is 2.01. The third-order valence-electron chi connectivity index (χ3n) is 3.64. The van der Waals surface area contributed by atoms with Crippen LogP contribution in [0.4, 0.5) is 0 Å². The summed E-state index contributed by atoms with van der Waals surface area (Å²) in [6.07, 6.45) is 4.71. The number of rotatable bonds is 3. The molecule has 1 amide bonds. The van der Waals surface area contributed by atoms with Crippen LogP contribution in [0.3, 0.4) is 0 Å². The Morgan fingerprint density at radius 1 is 1.53 bits per heavy atom. The molecule has 1 aliphatic heterocycles. The molecule has 106 valence electrons. The molecule has 1 aromatic rings. The van der Waals surface area contributed by atoms with E-state index in [9.17, 15) is 9.90 Å². The second-order valence-electron chi connectivity index (χ2n) is 5.18. The molecule has 0 spiro atoms. The van der Waals surface area contributed by atoms with Crippen molar-refractivity contribution < 1.29 is 9.90 Å². The number of hydrogen-bond donors (Lipinski definition) is 2. The minimum absolute atomic E-state index is 0.0819. The van der Waals surface area contributed by atoms with Crippen molar-refractivity contribution in [2.45, 2.75) is 38.5 Å². The van der Waals surface area contributed by atoms with Crippen LogP contribution in [0.1, 0.15) is 25.6 Å². The molecule has 1 aliphatic rings. The van der Waals surface area contributed by atoms with Gasteiger partial charge in [-0.15, -0.1) is 0 Å². The van der Waals surface area contributed by atoms with Crippen LogP contribution in [-0.2, 0) is 18.4 Å². The van der Waals surface area contributed by atoms with Crippen molar-refractivity contribution in [3.63, 3.8) is 0 Å². The predicted octanol–water partition coefficient (Wildman–Crippen LogP) is -0.118. The second kappa shape index (κ2) is 6.16. The van der Waals surface area contributed by atoms with Gasteiger partial charge in [-0.1, -0.05) is 0 Å². The molecule has 6 heteroatoms. The Morgan fingerprint density at radius 2 is 2.26 bits per heavy atom. The second-order valence-corrected chi connectivity index (χ2v) is 5.18. The van der Waals surface area contributed by atoms with Crippen molar-refractivity contribution in [1.29, 1.82) is 0 Å². The number of hydrogen-bond acceptors (Lipinski definition) is 4. The summed E-state index contributed by atoms with van der Waals surface area (Å²) in [4.78, 5) is 17.7. The van der Waals surface area contributed by atoms with Crippen molar-refractivity contribution in [3.05, 3.63) is 18.2 Å². The summed E-state index contributed by atoms with van der Waals surface area (Å²) in [5, 5.41) is 12.9. The maximum absolute atomic E-state index is 11.1. The highest BCUT2D eigenvalue weighted by Gasteiger charge is 2.25. The van der Waals surface area contributed by atoms with Crippen LogP contribution < -0.4 is 5.32 Å². The molecule has 1 aromatic heterocycles. The lowest BCUT2D eigenvalue weighted by atomic mass is 10.1. The molecule has 2 N–H and O–H groups in total. The zero-order chi connectivity index (χ0) is 13.8. The van der Waals surface area contributed by atoms with Crippen LogP contribution in [-0.4, -0.2) is 50.7 Å². The fourth-order valence-electron chi connectivity index (χ4n) is 2.48. The molecule has 0 aliphatic carbocycles. The average Bonchev–Trinajstić information content (AvgIpc) is 2.67. The summed E-state index contributed by atoms with van der Waals surface area (Å²) in [6.45, 7) is 3.95. The van der Waals surface area contributed by atoms with Crippen LogP contribution in [0.5, 0.6) is 0 Å². The molecular formula is C13H22N4O2. The number of nitrogens with one attached hydrogen (secondary N) is 1. The lowest BCUT2D eigenvalue weighted by Gasteiger charge is -2.20. The molecule has 0 saturated carbocycles. The number of aromatic nitrogens is 2. The molecule has 0 radical (unpaired) electrons. The molecule has 2 atom stereocenters. The Kier molecular flexibility index (Phi) is 4.55. The molecule has 2 heterocycles. The zero-order valence-electron chi connectivity index (χ0n) is 11.5. The van der Waals surface area contributed by atoms with Gasteiger partial charge >= 0.3 is 0 Å². The number of nitrogens with zero attached hydrogens (tertiary/aromatic N) is 3. The van der Waals surface area contributed by atoms with Gasteiger partial charge in [0.25, 0.3) is 0 Å². The van der Waals surface area contributed by atoms with E-state index in [0.717, 1.165) is 31.9 Å². The minimum Gasteiger partial charge on any atom is -0.391 e. The third kappa shape index (κ3) is 3.78. The topological polar surface area (TPSA) is 70.4 Å². The van der Waals surface area contributed by atoms with Crippen molar-refractivity contribution in [1.82, 2.24) is 19.8 Å². The maximum Gasteiger partial charge on any atom is 0.217 e. The van der Waals surface area contributed by atoms with Crippen LogP contribution in [0.25, 0.3) is 0 Å². The summed E-state index contributed by atoms with van der Waals surface area (Å²) in [7, 11) is 1.98. The molecule has 2 rings (SSSR count). The molecule has 1 saturated heterocycles. The lowest BCUT2D eigenvalue weighted by Crippen LogP contribution is -2.42. The standard InChI is InChI=1S/C13H22N4O2/c1-10(18)15-11-3-6-17(7-4-12(11)19)9-13-14-5-8-16(13)2/h5,8,11-12,19H,3-4,6-7,9H2,1-2H3,(H,15,18)/t11-,12-/m0/s1. The molecule has 19 heavy (non-hydrogen) atoms. The number of carbonyl (C=O) groups is 1. The number of imidazole rings is 1. The smallest absolute Gasteiger partial charge is 0.217 e. The van der Waals surface area contributed by atoms with Crippen LogP contribution >= 0.6 is 0 Å². The van der Waals surface area contributed by atoms with Gasteiger partial charge in [0.1, 0.15) is 5.82 Å². The van der Waals surface area contributed by atoms with Crippen molar-refractivity contribution in [2.75, 3.05) is 13.1 Å². The van der Waals surface area contributed by atoms with Crippen molar-refractivity contribution in [3.8, 4) is 0 Å². The quantitative estimate of drug-likeness (QED) is 0.800. The van der Waals surface area contributed by atoms with Gasteiger partial charge in [-0.05, 0) is 12.8 Å². The maximum atomic E-state index is 11.1. The largest absolute Gasteiger partial charge is 0.391 e. The van der Waals surface area contributed by atoms with E-state index >= 15 is 0 Å². The first kappa shape index (κ1) is 14.0. The van der Waals surface area contributed by atoms with E-state index in [1.807, 2.05) is 17.8 Å². The Hall–Kier alpha value is -1.40. The Labute approximate surface area is 113 Å². The van der Waals surface area contributed by atoms with Gasteiger partial charge in [0.2, 0.25) is 5.91 Å². The van der Waals surface area contributed by atoms with Gasteiger partial charge in [-0.2, -0.15) is 0 Å². The summed E-state index contributed by atoms with van der Waals surface area (Å²) in [6, 6.07) is -0.135. The highest BCUT2D eigenvalue weighted by atomic mass is 16.3. The van der Waals surface area contributed by atoms with E-state index in [0.29, 0.717) is 6.42 Å². The van der Waals surface area contributed by atoms with Crippen molar-refractivity contribution >= 4 is 5.91 Å². The highest BCUT2D eigenvalue weighted by molar-refractivity contribution is 5.73. The fraction of sp³-hybridized carbons (Fsp3) is 0.692. The summed E-state index contributed by atoms with van der Waals surface area (Å²) in [5.74, 6) is 0.939. The minimum atomic E-state index is -0.463. The first-order valence-electron chi connectivity index (χ1n) is 6.70. The van der Waals surface area contributed by atoms with Crippen LogP contribution in [0.2, 0.25) is 0 Å². The monoisotopic (exact) mass is 266 g/mol. The van der Waals surface area contributed by atoms with E-state index in [-0.39, 0.29) is 11.9 Å². The van der Waals surface area contributed by atoms with E-state index < -0.39 is 6.10 Å². The van der Waals surface area contributed by atoms with Crippen LogP contribution in [0, 0.1) is 0 Å². The van der Waals surface area contributed by atoms with E-state index in [4.69, 9.17) is 0 Å². The number of likely N-dealkylation sites (tertiary alicyclic amines) is 1. The van der Waals surface area contributed by atoms with E-state index in [2.05, 4.69) is 15.2 Å². The normalized spacial score (nSPS) is 25.0. The van der Waals surface area contributed by atoms with E-state index in [1.54, 1.807) is 6.20 Å². The Bertz CT molecular complexity index is 432. The summed E-state index contributed by atoms with van der Waals surface area (Å²) in [5.41, 5.74) is 0. The first-order chi connectivity index (χ1) is 9.06.